The Labute approximate surface area is 260 Å². The van der Waals surface area contributed by atoms with Crippen LogP contribution in [0.1, 0.15) is 52.5 Å². The number of anilines is 2. The lowest BCUT2D eigenvalue weighted by Crippen LogP contribution is -2.39. The number of hydrogen-bond donors (Lipinski definition) is 3. The number of aromatic nitrogens is 3. The molecule has 0 aliphatic heterocycles. The third-order valence-corrected chi connectivity index (χ3v) is 9.05. The topological polar surface area (TPSA) is 141 Å². The molecule has 0 radical (unpaired) electrons. The molecule has 2 heterocycles. The van der Waals surface area contributed by atoms with Crippen molar-refractivity contribution < 1.29 is 22.3 Å². The summed E-state index contributed by atoms with van der Waals surface area (Å²) in [5, 5.41) is 8.29. The number of pyridine rings is 1. The fourth-order valence-corrected chi connectivity index (χ4v) is 6.78. The van der Waals surface area contributed by atoms with Gasteiger partial charge in [-0.2, -0.15) is 5.10 Å². The third-order valence-electron chi connectivity index (χ3n) is 7.19. The first kappa shape index (κ1) is 31.3. The van der Waals surface area contributed by atoms with E-state index in [0.29, 0.717) is 42.5 Å². The molecule has 13 heteroatoms. The number of hydrogen-bond acceptors (Lipinski definition) is 7. The van der Waals surface area contributed by atoms with Crippen molar-refractivity contribution in [1.29, 1.82) is 0 Å². The number of amides is 1. The summed E-state index contributed by atoms with van der Waals surface area (Å²) in [4.78, 5) is 16.5. The van der Waals surface area contributed by atoms with E-state index < -0.39 is 27.5 Å². The molecule has 5 rings (SSSR count). The summed E-state index contributed by atoms with van der Waals surface area (Å²) < 4.78 is 50.6. The molecule has 0 fully saturated rings. The standard InChI is InChI=1S/C31H34ClFN6O4S/c1-5-39-28-21(18-10-13-20(14-11-18)36-30(40)43-31(2,3)4)17-35-29(34)26(28)27(37-39)19-12-15-24(23(33)16-19)38-44(41,42)25-9-7-6-8-22(25)32/h6-10,12,15-17,20,38H,5,11,13-14H2,1-4H3,(H2,34,35)(H,36,40). The molecule has 2 aromatic carbocycles. The molecule has 232 valence electrons. The molecule has 0 saturated heterocycles. The number of nitrogens with one attached hydrogen (secondary N) is 2. The van der Waals surface area contributed by atoms with Crippen LogP contribution >= 0.6 is 11.6 Å². The summed E-state index contributed by atoms with van der Waals surface area (Å²) in [5.74, 6) is -0.554. The third kappa shape index (κ3) is 6.51. The van der Waals surface area contributed by atoms with Crippen molar-refractivity contribution in [2.45, 2.75) is 70.0 Å². The molecule has 1 atom stereocenters. The minimum absolute atomic E-state index is 0.0234. The number of carbonyl (C=O) groups is 1. The monoisotopic (exact) mass is 640 g/mol. The van der Waals surface area contributed by atoms with Crippen LogP contribution in [0.2, 0.25) is 5.02 Å². The van der Waals surface area contributed by atoms with Gasteiger partial charge in [-0.1, -0.05) is 35.9 Å². The van der Waals surface area contributed by atoms with Gasteiger partial charge in [0.1, 0.15) is 27.8 Å². The van der Waals surface area contributed by atoms with Gasteiger partial charge in [0.05, 0.1) is 21.6 Å². The van der Waals surface area contributed by atoms with Crippen molar-refractivity contribution in [3.05, 3.63) is 71.1 Å². The van der Waals surface area contributed by atoms with Gasteiger partial charge in [-0.05, 0) is 76.8 Å². The number of alkyl carbamates (subject to hydrolysis) is 1. The van der Waals surface area contributed by atoms with E-state index in [-0.39, 0.29) is 27.5 Å². The maximum atomic E-state index is 15.4. The van der Waals surface area contributed by atoms with Crippen molar-refractivity contribution in [3.8, 4) is 11.3 Å². The Bertz CT molecular complexity index is 1880. The summed E-state index contributed by atoms with van der Waals surface area (Å²) in [6.45, 7) is 7.92. The molecule has 10 nitrogen and oxygen atoms in total. The SMILES string of the molecule is CCn1nc(-c2ccc(NS(=O)(=O)c3ccccc3Cl)c(F)c2)c2c(N)ncc(C3=CCC(NC(=O)OC(C)(C)C)CC3)c21. The molecule has 1 unspecified atom stereocenters. The van der Waals surface area contributed by atoms with Crippen LogP contribution in [0, 0.1) is 5.82 Å². The predicted octanol–water partition coefficient (Wildman–Crippen LogP) is 6.75. The molecular weight excluding hydrogens is 607 g/mol. The van der Waals surface area contributed by atoms with Crippen molar-refractivity contribution >= 4 is 55.7 Å². The highest BCUT2D eigenvalue weighted by atomic mass is 35.5. The van der Waals surface area contributed by atoms with Crippen molar-refractivity contribution in [3.63, 3.8) is 0 Å². The number of nitrogen functional groups attached to an aromatic ring is 1. The number of nitrogens with two attached hydrogens (primary N) is 1. The molecular formula is C31H34ClFN6O4S. The lowest BCUT2D eigenvalue weighted by Gasteiger charge is -2.26. The summed E-state index contributed by atoms with van der Waals surface area (Å²) in [6.07, 6.45) is 5.35. The van der Waals surface area contributed by atoms with E-state index in [2.05, 4.69) is 21.1 Å². The maximum Gasteiger partial charge on any atom is 0.407 e. The van der Waals surface area contributed by atoms with Crippen LogP contribution in [0.4, 0.5) is 20.7 Å². The Morgan fingerprint density at radius 2 is 1.98 bits per heavy atom. The second-order valence-electron chi connectivity index (χ2n) is 11.5. The first-order valence-corrected chi connectivity index (χ1v) is 16.0. The van der Waals surface area contributed by atoms with Crippen LogP contribution in [0.5, 0.6) is 0 Å². The van der Waals surface area contributed by atoms with E-state index in [1.165, 1.54) is 30.3 Å². The van der Waals surface area contributed by atoms with Crippen molar-refractivity contribution in [1.82, 2.24) is 20.1 Å². The second-order valence-corrected chi connectivity index (χ2v) is 13.6. The number of fused-ring (bicyclic) bond motifs is 1. The minimum atomic E-state index is -4.13. The van der Waals surface area contributed by atoms with E-state index in [4.69, 9.17) is 27.2 Å². The molecule has 1 amide bonds. The van der Waals surface area contributed by atoms with E-state index >= 15 is 4.39 Å². The second kappa shape index (κ2) is 12.1. The number of rotatable bonds is 7. The highest BCUT2D eigenvalue weighted by Gasteiger charge is 2.26. The van der Waals surface area contributed by atoms with Gasteiger partial charge in [0.25, 0.3) is 10.0 Å². The lowest BCUT2D eigenvalue weighted by atomic mass is 9.90. The number of nitrogens with zero attached hydrogens (tertiary/aromatic N) is 3. The molecule has 0 spiro atoms. The number of benzene rings is 2. The molecule has 4 N–H and O–H groups in total. The summed E-state index contributed by atoms with van der Waals surface area (Å²) in [5.41, 5.74) is 9.06. The molecule has 4 aromatic rings. The smallest absolute Gasteiger partial charge is 0.407 e. The van der Waals surface area contributed by atoms with Crippen LogP contribution in [0.3, 0.4) is 0 Å². The van der Waals surface area contributed by atoms with Crippen LogP contribution in [-0.2, 0) is 21.3 Å². The maximum absolute atomic E-state index is 15.4. The van der Waals surface area contributed by atoms with Crippen LogP contribution in [0.25, 0.3) is 27.7 Å². The van der Waals surface area contributed by atoms with Crippen LogP contribution in [0.15, 0.2) is 59.6 Å². The van der Waals surface area contributed by atoms with Gasteiger partial charge >= 0.3 is 6.09 Å². The average Bonchev–Trinajstić information content (AvgIpc) is 3.35. The van der Waals surface area contributed by atoms with E-state index in [9.17, 15) is 13.2 Å². The molecule has 1 aliphatic carbocycles. The Hall–Kier alpha value is -4.16. The predicted molar refractivity (Wildman–Crippen MR) is 170 cm³/mol. The highest BCUT2D eigenvalue weighted by molar-refractivity contribution is 7.92. The zero-order valence-electron chi connectivity index (χ0n) is 24.8. The minimum Gasteiger partial charge on any atom is -0.444 e. The van der Waals surface area contributed by atoms with E-state index in [0.717, 1.165) is 16.7 Å². The van der Waals surface area contributed by atoms with E-state index in [1.54, 1.807) is 23.0 Å². The summed E-state index contributed by atoms with van der Waals surface area (Å²) in [7, 11) is -4.13. The van der Waals surface area contributed by atoms with Gasteiger partial charge in [-0.25, -0.2) is 22.6 Å². The fraction of sp³-hybridized carbons (Fsp3) is 0.323. The highest BCUT2D eigenvalue weighted by Crippen LogP contribution is 2.39. The lowest BCUT2D eigenvalue weighted by molar-refractivity contribution is 0.0502. The number of allylic oxidation sites excluding steroid dienone is 1. The number of ether oxygens (including phenoxy) is 1. The largest absolute Gasteiger partial charge is 0.444 e. The number of aryl methyl sites for hydroxylation is 1. The van der Waals surface area contributed by atoms with Crippen molar-refractivity contribution in [2.24, 2.45) is 0 Å². The van der Waals surface area contributed by atoms with Crippen molar-refractivity contribution in [2.75, 3.05) is 10.5 Å². The zero-order valence-corrected chi connectivity index (χ0v) is 26.4. The Morgan fingerprint density at radius 3 is 2.61 bits per heavy atom. The first-order valence-electron chi connectivity index (χ1n) is 14.2. The van der Waals surface area contributed by atoms with Gasteiger partial charge in [0.2, 0.25) is 0 Å². The molecule has 44 heavy (non-hydrogen) atoms. The molecule has 0 saturated carbocycles. The number of sulfonamides is 1. The van der Waals surface area contributed by atoms with Crippen LogP contribution < -0.4 is 15.8 Å². The Kier molecular flexibility index (Phi) is 8.59. The zero-order chi connectivity index (χ0) is 31.8. The van der Waals surface area contributed by atoms with Gasteiger partial charge < -0.3 is 15.8 Å². The summed E-state index contributed by atoms with van der Waals surface area (Å²) in [6, 6.07) is 9.99. The number of carbonyl (C=O) groups excluding carboxylic acids is 1. The molecule has 2 aromatic heterocycles. The number of halogens is 2. The Morgan fingerprint density at radius 1 is 1.23 bits per heavy atom. The Balaban J connectivity index is 1.46. The average molecular weight is 641 g/mol. The van der Waals surface area contributed by atoms with E-state index in [1.807, 2.05) is 27.7 Å². The van der Waals surface area contributed by atoms with Gasteiger partial charge in [-0.3, -0.25) is 9.40 Å². The van der Waals surface area contributed by atoms with Gasteiger partial charge in [0.15, 0.2) is 0 Å². The summed E-state index contributed by atoms with van der Waals surface area (Å²) >= 11 is 6.06. The quantitative estimate of drug-likeness (QED) is 0.203. The normalized spacial score (nSPS) is 15.6. The molecule has 0 bridgehead atoms. The van der Waals surface area contributed by atoms with Gasteiger partial charge in [-0.15, -0.1) is 0 Å². The van der Waals surface area contributed by atoms with Crippen LogP contribution in [-0.4, -0.2) is 40.9 Å². The van der Waals surface area contributed by atoms with Gasteiger partial charge in [0, 0.05) is 29.9 Å². The molecule has 1 aliphatic rings. The fourth-order valence-electron chi connectivity index (χ4n) is 5.20. The first-order chi connectivity index (χ1) is 20.8.